The fourth-order valence-electron chi connectivity index (χ4n) is 2.71. The molecule has 1 aromatic heterocycles. The molecule has 0 atom stereocenters. The van der Waals surface area contributed by atoms with E-state index in [0.29, 0.717) is 11.6 Å². The third kappa shape index (κ3) is 3.96. The van der Waals surface area contributed by atoms with Gasteiger partial charge in [0.2, 0.25) is 0 Å². The monoisotopic (exact) mass is 354 g/mol. The number of anilines is 2. The summed E-state index contributed by atoms with van der Waals surface area (Å²) in [5.74, 6) is -0.0380. The first-order valence-corrected chi connectivity index (χ1v) is 8.69. The zero-order chi connectivity index (χ0) is 18.6. The molecule has 0 aliphatic heterocycles. The standard InChI is InChI=1S/C23H18N2O2/c1-16-6-8-17(9-7-16)10-15-21(26)18-11-13-19(14-12-18)24-23-25-20-4-2-3-5-22(20)27-23/h2-15H,1H3,(H,24,25)/b15-10+. The highest BCUT2D eigenvalue weighted by Crippen LogP contribution is 2.22. The van der Waals surface area contributed by atoms with E-state index in [-0.39, 0.29) is 5.78 Å². The smallest absolute Gasteiger partial charge is 0.300 e. The lowest BCUT2D eigenvalue weighted by atomic mass is 10.1. The highest BCUT2D eigenvalue weighted by molar-refractivity contribution is 6.07. The molecule has 132 valence electrons. The Morgan fingerprint density at radius 3 is 2.44 bits per heavy atom. The van der Waals surface area contributed by atoms with Gasteiger partial charge in [0, 0.05) is 11.3 Å². The van der Waals surface area contributed by atoms with Crippen molar-refractivity contribution in [2.24, 2.45) is 0 Å². The first kappa shape index (κ1) is 16.8. The Hall–Kier alpha value is -3.66. The first-order chi connectivity index (χ1) is 13.2. The number of fused-ring (bicyclic) bond motifs is 1. The molecule has 4 rings (SSSR count). The number of ketones is 1. The van der Waals surface area contributed by atoms with E-state index >= 15 is 0 Å². The summed E-state index contributed by atoms with van der Waals surface area (Å²) >= 11 is 0. The molecule has 0 radical (unpaired) electrons. The van der Waals surface area contributed by atoms with Crippen molar-refractivity contribution in [2.45, 2.75) is 6.92 Å². The van der Waals surface area contributed by atoms with E-state index in [1.807, 2.05) is 73.7 Å². The maximum Gasteiger partial charge on any atom is 0.300 e. The van der Waals surface area contributed by atoms with Crippen LogP contribution in [0.3, 0.4) is 0 Å². The van der Waals surface area contributed by atoms with Crippen molar-refractivity contribution in [3.05, 3.63) is 95.6 Å². The first-order valence-electron chi connectivity index (χ1n) is 8.69. The number of benzene rings is 3. The van der Waals surface area contributed by atoms with Crippen molar-refractivity contribution >= 4 is 34.7 Å². The minimum Gasteiger partial charge on any atom is -0.423 e. The number of oxazole rings is 1. The summed E-state index contributed by atoms with van der Waals surface area (Å²) < 4.78 is 5.65. The molecule has 0 saturated heterocycles. The number of nitrogens with one attached hydrogen (secondary N) is 1. The van der Waals surface area contributed by atoms with Crippen LogP contribution in [-0.2, 0) is 0 Å². The molecular weight excluding hydrogens is 336 g/mol. The number of hydrogen-bond donors (Lipinski definition) is 1. The Balaban J connectivity index is 1.44. The van der Waals surface area contributed by atoms with Gasteiger partial charge in [0.25, 0.3) is 6.01 Å². The minimum absolute atomic E-state index is 0.0380. The van der Waals surface area contributed by atoms with E-state index in [0.717, 1.165) is 22.4 Å². The molecule has 27 heavy (non-hydrogen) atoms. The number of aryl methyl sites for hydroxylation is 1. The Bertz CT molecular complexity index is 1070. The fourth-order valence-corrected chi connectivity index (χ4v) is 2.71. The quantitative estimate of drug-likeness (QED) is 0.365. The molecular formula is C23H18N2O2. The number of carbonyl (C=O) groups is 1. The SMILES string of the molecule is Cc1ccc(/C=C/C(=O)c2ccc(Nc3nc4ccccc4o3)cc2)cc1. The largest absolute Gasteiger partial charge is 0.423 e. The summed E-state index contributed by atoms with van der Waals surface area (Å²) in [6, 6.07) is 23.3. The molecule has 4 aromatic rings. The fraction of sp³-hybridized carbons (Fsp3) is 0.0435. The Labute approximate surface area is 157 Å². The lowest BCUT2D eigenvalue weighted by molar-refractivity contribution is 0.104. The molecule has 1 N–H and O–H groups in total. The van der Waals surface area contributed by atoms with Gasteiger partial charge in [0.1, 0.15) is 5.52 Å². The maximum atomic E-state index is 12.3. The van der Waals surface area contributed by atoms with Crippen molar-refractivity contribution in [2.75, 3.05) is 5.32 Å². The van der Waals surface area contributed by atoms with E-state index in [1.165, 1.54) is 5.56 Å². The summed E-state index contributed by atoms with van der Waals surface area (Å²) in [5.41, 5.74) is 5.16. The van der Waals surface area contributed by atoms with Crippen LogP contribution in [0.5, 0.6) is 0 Å². The topological polar surface area (TPSA) is 55.1 Å². The van der Waals surface area contributed by atoms with E-state index in [2.05, 4.69) is 10.3 Å². The van der Waals surface area contributed by atoms with Gasteiger partial charge in [-0.05, 0) is 55.0 Å². The highest BCUT2D eigenvalue weighted by Gasteiger charge is 2.06. The van der Waals surface area contributed by atoms with Gasteiger partial charge in [-0.3, -0.25) is 4.79 Å². The van der Waals surface area contributed by atoms with Crippen LogP contribution < -0.4 is 5.32 Å². The number of allylic oxidation sites excluding steroid dienone is 1. The lowest BCUT2D eigenvalue weighted by Crippen LogP contribution is -1.95. The van der Waals surface area contributed by atoms with Crippen molar-refractivity contribution in [3.8, 4) is 0 Å². The van der Waals surface area contributed by atoms with E-state index in [1.54, 1.807) is 18.2 Å². The second-order valence-corrected chi connectivity index (χ2v) is 6.30. The number of nitrogens with zero attached hydrogens (tertiary/aromatic N) is 1. The van der Waals surface area contributed by atoms with Gasteiger partial charge in [-0.1, -0.05) is 48.0 Å². The second kappa shape index (κ2) is 7.30. The van der Waals surface area contributed by atoms with Crippen LogP contribution in [0.15, 0.2) is 83.3 Å². The summed E-state index contributed by atoms with van der Waals surface area (Å²) in [5, 5.41) is 3.12. The third-order valence-corrected chi connectivity index (χ3v) is 4.22. The van der Waals surface area contributed by atoms with E-state index < -0.39 is 0 Å². The van der Waals surface area contributed by atoms with Crippen molar-refractivity contribution in [3.63, 3.8) is 0 Å². The molecule has 0 spiro atoms. The third-order valence-electron chi connectivity index (χ3n) is 4.22. The second-order valence-electron chi connectivity index (χ2n) is 6.30. The summed E-state index contributed by atoms with van der Waals surface area (Å²) in [4.78, 5) is 16.7. The molecule has 1 heterocycles. The van der Waals surface area contributed by atoms with Crippen LogP contribution in [-0.4, -0.2) is 10.8 Å². The van der Waals surface area contributed by atoms with Crippen LogP contribution >= 0.6 is 0 Å². The number of aromatic nitrogens is 1. The van der Waals surface area contributed by atoms with E-state index in [4.69, 9.17) is 4.42 Å². The van der Waals surface area contributed by atoms with Crippen LogP contribution in [0.4, 0.5) is 11.7 Å². The zero-order valence-electron chi connectivity index (χ0n) is 14.8. The van der Waals surface area contributed by atoms with Gasteiger partial charge >= 0.3 is 0 Å². The molecule has 4 nitrogen and oxygen atoms in total. The summed E-state index contributed by atoms with van der Waals surface area (Å²) in [6.45, 7) is 2.04. The van der Waals surface area contributed by atoms with Crippen LogP contribution in [0.25, 0.3) is 17.2 Å². The Morgan fingerprint density at radius 1 is 0.963 bits per heavy atom. The molecule has 0 aliphatic carbocycles. The zero-order valence-corrected chi connectivity index (χ0v) is 14.8. The molecule has 0 unspecified atom stereocenters. The molecule has 3 aromatic carbocycles. The molecule has 0 bridgehead atoms. The van der Waals surface area contributed by atoms with Crippen LogP contribution in [0.2, 0.25) is 0 Å². The highest BCUT2D eigenvalue weighted by atomic mass is 16.4. The number of hydrogen-bond acceptors (Lipinski definition) is 4. The lowest BCUT2D eigenvalue weighted by Gasteiger charge is -2.02. The van der Waals surface area contributed by atoms with E-state index in [9.17, 15) is 4.79 Å². The number of para-hydroxylation sites is 2. The van der Waals surface area contributed by atoms with Crippen molar-refractivity contribution in [1.29, 1.82) is 0 Å². The number of rotatable bonds is 5. The number of carbonyl (C=O) groups excluding carboxylic acids is 1. The summed E-state index contributed by atoms with van der Waals surface area (Å²) in [7, 11) is 0. The van der Waals surface area contributed by atoms with Gasteiger partial charge in [-0.15, -0.1) is 0 Å². The molecule has 4 heteroatoms. The molecule has 0 aliphatic rings. The van der Waals surface area contributed by atoms with Gasteiger partial charge < -0.3 is 9.73 Å². The normalized spacial score (nSPS) is 11.1. The van der Waals surface area contributed by atoms with Crippen molar-refractivity contribution in [1.82, 2.24) is 4.98 Å². The van der Waals surface area contributed by atoms with Gasteiger partial charge in [0.15, 0.2) is 11.4 Å². The Kier molecular flexibility index (Phi) is 4.54. The molecule has 0 saturated carbocycles. The minimum atomic E-state index is -0.0380. The van der Waals surface area contributed by atoms with Gasteiger partial charge in [-0.25, -0.2) is 0 Å². The average molecular weight is 354 g/mol. The van der Waals surface area contributed by atoms with Gasteiger partial charge in [0.05, 0.1) is 0 Å². The van der Waals surface area contributed by atoms with Crippen LogP contribution in [0, 0.1) is 6.92 Å². The predicted octanol–water partition coefficient (Wildman–Crippen LogP) is 5.78. The Morgan fingerprint density at radius 2 is 1.70 bits per heavy atom. The molecule has 0 fully saturated rings. The van der Waals surface area contributed by atoms with Crippen LogP contribution in [0.1, 0.15) is 21.5 Å². The van der Waals surface area contributed by atoms with Gasteiger partial charge in [-0.2, -0.15) is 4.98 Å². The molecule has 0 amide bonds. The van der Waals surface area contributed by atoms with Crippen molar-refractivity contribution < 1.29 is 9.21 Å². The maximum absolute atomic E-state index is 12.3. The average Bonchev–Trinajstić information content (AvgIpc) is 3.10. The summed E-state index contributed by atoms with van der Waals surface area (Å²) in [6.07, 6.45) is 3.42. The predicted molar refractivity (Wildman–Crippen MR) is 108 cm³/mol.